The lowest BCUT2D eigenvalue weighted by Crippen LogP contribution is -2.46. The van der Waals surface area contributed by atoms with Crippen molar-refractivity contribution in [3.05, 3.63) is 174 Å². The minimum absolute atomic E-state index is 0.131. The van der Waals surface area contributed by atoms with E-state index in [-0.39, 0.29) is 18.6 Å². The summed E-state index contributed by atoms with van der Waals surface area (Å²) in [7, 11) is 0. The lowest BCUT2D eigenvalue weighted by atomic mass is 10.0. The van der Waals surface area contributed by atoms with E-state index < -0.39 is 0 Å². The molecule has 51 heavy (non-hydrogen) atoms. The van der Waals surface area contributed by atoms with Crippen LogP contribution < -0.4 is 10.6 Å². The highest BCUT2D eigenvalue weighted by Crippen LogP contribution is 2.48. The fourth-order valence-electron chi connectivity index (χ4n) is 8.21. The van der Waals surface area contributed by atoms with Crippen LogP contribution in [-0.4, -0.2) is 4.57 Å². The number of hydrogen-bond acceptors (Lipinski definition) is 4. The molecular formula is C45H31N4S2-. The first-order valence-electron chi connectivity index (χ1n) is 17.4. The molecule has 0 radical (unpaired) electrons. The van der Waals surface area contributed by atoms with Crippen LogP contribution in [0.5, 0.6) is 0 Å². The molecule has 0 bridgehead atoms. The first-order valence-corrected chi connectivity index (χ1v) is 19.0. The van der Waals surface area contributed by atoms with Crippen LogP contribution in [0.3, 0.4) is 0 Å². The van der Waals surface area contributed by atoms with E-state index in [9.17, 15) is 0 Å². The van der Waals surface area contributed by atoms with Gasteiger partial charge in [-0.2, -0.15) is 0 Å². The third-order valence-electron chi connectivity index (χ3n) is 10.5. The van der Waals surface area contributed by atoms with E-state index in [1.165, 1.54) is 78.9 Å². The number of thiophene rings is 2. The molecule has 3 aromatic heterocycles. The molecule has 0 spiro atoms. The van der Waals surface area contributed by atoms with Gasteiger partial charge in [0.15, 0.2) is 0 Å². The Morgan fingerprint density at radius 2 is 1.18 bits per heavy atom. The maximum absolute atomic E-state index is 5.69. The molecule has 1 fully saturated rings. The van der Waals surface area contributed by atoms with Crippen molar-refractivity contribution in [3.63, 3.8) is 0 Å². The van der Waals surface area contributed by atoms with Crippen LogP contribution in [0.25, 0.3) is 78.6 Å². The second-order valence-corrected chi connectivity index (χ2v) is 15.4. The number of para-hydroxylation sites is 2. The van der Waals surface area contributed by atoms with Crippen molar-refractivity contribution in [2.45, 2.75) is 18.6 Å². The first kappa shape index (κ1) is 29.4. The van der Waals surface area contributed by atoms with Gasteiger partial charge in [0.25, 0.3) is 0 Å². The van der Waals surface area contributed by atoms with Crippen molar-refractivity contribution >= 4 is 84.8 Å². The normalized spacial score (nSPS) is 18.2. The van der Waals surface area contributed by atoms with Crippen LogP contribution in [0.4, 0.5) is 0 Å². The Morgan fingerprint density at radius 1 is 0.510 bits per heavy atom. The molecule has 10 aromatic rings. The van der Waals surface area contributed by atoms with Gasteiger partial charge in [0, 0.05) is 52.8 Å². The molecule has 0 aliphatic carbocycles. The van der Waals surface area contributed by atoms with Crippen molar-refractivity contribution in [2.75, 3.05) is 0 Å². The van der Waals surface area contributed by atoms with Crippen molar-refractivity contribution in [1.82, 2.24) is 15.2 Å². The number of hydrogen-bond donors (Lipinski definition) is 2. The fourth-order valence-corrected chi connectivity index (χ4v) is 10.8. The maximum Gasteiger partial charge on any atom is 0.0827 e. The Balaban J connectivity index is 1.13. The molecule has 4 nitrogen and oxygen atoms in total. The highest BCUT2D eigenvalue weighted by Gasteiger charge is 2.27. The van der Waals surface area contributed by atoms with Crippen LogP contribution in [0.1, 0.15) is 29.7 Å². The number of rotatable bonds is 4. The Kier molecular flexibility index (Phi) is 6.69. The predicted molar refractivity (Wildman–Crippen MR) is 218 cm³/mol. The quantitative estimate of drug-likeness (QED) is 0.193. The van der Waals surface area contributed by atoms with E-state index in [1.54, 1.807) is 0 Å². The average Bonchev–Trinajstić information content (AvgIpc) is 3.88. The van der Waals surface area contributed by atoms with Gasteiger partial charge in [0.1, 0.15) is 0 Å². The fraction of sp³-hybridized carbons (Fsp3) is 0.0667. The summed E-state index contributed by atoms with van der Waals surface area (Å²) in [6.07, 6.45) is -0.738. The molecule has 11 rings (SSSR count). The lowest BCUT2D eigenvalue weighted by molar-refractivity contribution is 0.275. The molecule has 6 heteroatoms. The van der Waals surface area contributed by atoms with Gasteiger partial charge in [-0.3, -0.25) is 5.32 Å². The summed E-state index contributed by atoms with van der Waals surface area (Å²) in [5.41, 5.74) is 7.13. The monoisotopic (exact) mass is 691 g/mol. The Hall–Kier alpha value is -5.34. The molecule has 244 valence electrons. The molecular weight excluding hydrogens is 661 g/mol. The van der Waals surface area contributed by atoms with Gasteiger partial charge < -0.3 is 15.2 Å². The first-order chi connectivity index (χ1) is 25.3. The van der Waals surface area contributed by atoms with E-state index in [1.807, 2.05) is 22.7 Å². The number of nitrogens with zero attached hydrogens (tertiary/aromatic N) is 2. The van der Waals surface area contributed by atoms with Gasteiger partial charge in [-0.15, -0.1) is 22.7 Å². The van der Waals surface area contributed by atoms with Crippen LogP contribution in [0, 0.1) is 0 Å². The van der Waals surface area contributed by atoms with Crippen LogP contribution in [-0.2, 0) is 0 Å². The number of fused-ring (bicyclic) bond motifs is 10. The van der Waals surface area contributed by atoms with E-state index in [2.05, 4.69) is 173 Å². The predicted octanol–water partition coefficient (Wildman–Crippen LogP) is 12.6. The minimum atomic E-state index is -0.344. The standard InChI is InChI=1S/C45H31N4S2/c1-3-13-27(14-4-1)29-19-11-20-32-30-17-7-9-22-36(30)49(40(29)32)45-47-43(28-15-5-2-6-16-28)46-44(48-45)35-21-12-24-38-39(35)34-26-25-33-31-18-8-10-23-37(31)50-41(33)42(34)51-38/h1-26,43-47H/q-1. The molecule has 7 aromatic carbocycles. The molecule has 0 amide bonds. The van der Waals surface area contributed by atoms with Gasteiger partial charge in [-0.1, -0.05) is 146 Å². The molecule has 2 N–H and O–H groups in total. The zero-order valence-corrected chi connectivity index (χ0v) is 29.1. The molecule has 1 aliphatic rings. The van der Waals surface area contributed by atoms with Crippen LogP contribution >= 0.6 is 22.7 Å². The molecule has 4 heterocycles. The highest BCUT2D eigenvalue weighted by atomic mass is 32.1. The van der Waals surface area contributed by atoms with E-state index >= 15 is 0 Å². The van der Waals surface area contributed by atoms with Crippen LogP contribution in [0.15, 0.2) is 158 Å². The Labute approximate surface area is 302 Å². The van der Waals surface area contributed by atoms with Crippen molar-refractivity contribution in [3.8, 4) is 11.1 Å². The summed E-state index contributed by atoms with van der Waals surface area (Å²) < 4.78 is 7.79. The number of aromatic nitrogens is 1. The van der Waals surface area contributed by atoms with Gasteiger partial charge >= 0.3 is 0 Å². The van der Waals surface area contributed by atoms with Crippen LogP contribution in [0.2, 0.25) is 0 Å². The van der Waals surface area contributed by atoms with Gasteiger partial charge in [0.2, 0.25) is 0 Å². The zero-order chi connectivity index (χ0) is 33.5. The average molecular weight is 692 g/mol. The Bertz CT molecular complexity index is 2920. The topological polar surface area (TPSA) is 43.1 Å². The molecule has 1 saturated heterocycles. The van der Waals surface area contributed by atoms with Gasteiger partial charge in [0.05, 0.1) is 21.1 Å². The third-order valence-corrected chi connectivity index (χ3v) is 13.0. The summed E-state index contributed by atoms with van der Waals surface area (Å²) in [5.74, 6) is 0. The number of benzene rings is 7. The second kappa shape index (κ2) is 11.6. The summed E-state index contributed by atoms with van der Waals surface area (Å²) in [5, 5.41) is 21.3. The number of nitrogens with one attached hydrogen (secondary N) is 2. The lowest BCUT2D eigenvalue weighted by Gasteiger charge is -2.51. The van der Waals surface area contributed by atoms with E-state index in [4.69, 9.17) is 5.32 Å². The summed E-state index contributed by atoms with van der Waals surface area (Å²) in [6, 6.07) is 57.1. The molecule has 1 aliphatic heterocycles. The summed E-state index contributed by atoms with van der Waals surface area (Å²) in [6.45, 7) is 0. The highest BCUT2D eigenvalue weighted by molar-refractivity contribution is 7.33. The SMILES string of the molecule is c1ccc(-c2cccc3c4ccccc4n(C4[N-]C(c5cccc6sc7c(ccc8c9ccccc9sc87)c56)NC(c5ccccc5)N4)c23)cc1. The molecule has 3 unspecified atom stereocenters. The van der Waals surface area contributed by atoms with Gasteiger partial charge in [-0.25, -0.2) is 0 Å². The van der Waals surface area contributed by atoms with Crippen molar-refractivity contribution < 1.29 is 0 Å². The molecule has 0 saturated carbocycles. The minimum Gasteiger partial charge on any atom is -0.610 e. The van der Waals surface area contributed by atoms with E-state index in [0.717, 1.165) is 5.52 Å². The molecule has 3 atom stereocenters. The largest absolute Gasteiger partial charge is 0.610 e. The van der Waals surface area contributed by atoms with E-state index in [0.29, 0.717) is 0 Å². The van der Waals surface area contributed by atoms with Crippen molar-refractivity contribution in [2.24, 2.45) is 0 Å². The summed E-state index contributed by atoms with van der Waals surface area (Å²) >= 11 is 3.81. The van der Waals surface area contributed by atoms with Gasteiger partial charge in [-0.05, 0) is 41.2 Å². The second-order valence-electron chi connectivity index (χ2n) is 13.3. The maximum atomic E-state index is 5.69. The smallest absolute Gasteiger partial charge is 0.0827 e. The zero-order valence-electron chi connectivity index (χ0n) is 27.5. The van der Waals surface area contributed by atoms with Crippen molar-refractivity contribution in [1.29, 1.82) is 0 Å². The third kappa shape index (κ3) is 4.55. The Morgan fingerprint density at radius 3 is 2.06 bits per heavy atom. The summed E-state index contributed by atoms with van der Waals surface area (Å²) in [4.78, 5) is 0.